The molecule has 0 aliphatic rings. The molecule has 2 nitrogen and oxygen atoms in total. The zero-order chi connectivity index (χ0) is 6.85. The lowest BCUT2D eigenvalue weighted by atomic mass is 10.6. The van der Waals surface area contributed by atoms with E-state index in [1.165, 1.54) is 0 Å². The summed E-state index contributed by atoms with van der Waals surface area (Å²) in [4.78, 5) is 7.16. The molecule has 5 heteroatoms. The molecule has 1 rings (SSSR count). The summed E-state index contributed by atoms with van der Waals surface area (Å²) >= 11 is 5.87. The molecule has 0 fully saturated rings. The highest BCUT2D eigenvalue weighted by Gasteiger charge is 1.99. The lowest BCUT2D eigenvalue weighted by molar-refractivity contribution is 0.602. The predicted octanol–water partition coefficient (Wildman–Crippen LogP) is 2.14. The summed E-state index contributed by atoms with van der Waals surface area (Å²) in [7, 11) is 0. The van der Waals surface area contributed by atoms with Crippen LogP contribution in [0.4, 0.5) is 4.39 Å². The summed E-state index contributed by atoms with van der Waals surface area (Å²) < 4.78 is 12.8. The van der Waals surface area contributed by atoms with Crippen molar-refractivity contribution in [2.45, 2.75) is 0 Å². The van der Waals surface area contributed by atoms with Crippen LogP contribution in [0, 0.1) is 5.82 Å². The molecule has 48 valence electrons. The van der Waals surface area contributed by atoms with Gasteiger partial charge in [0.25, 0.3) is 0 Å². The Balaban J connectivity index is 3.17. The molecule has 1 aromatic heterocycles. The summed E-state index contributed by atoms with van der Waals surface area (Å²) in [5.41, 5.74) is 0. The molecule has 0 amide bonds. The van der Waals surface area contributed by atoms with Crippen molar-refractivity contribution in [1.29, 1.82) is 0 Å². The van der Waals surface area contributed by atoms with Crippen LogP contribution in [0.25, 0.3) is 0 Å². The number of hydrogen-bond donors (Lipinski definition) is 0. The van der Waals surface area contributed by atoms with Gasteiger partial charge in [-0.25, -0.2) is 14.4 Å². The van der Waals surface area contributed by atoms with Crippen LogP contribution in [0.1, 0.15) is 0 Å². The van der Waals surface area contributed by atoms with Crippen LogP contribution in [-0.4, -0.2) is 9.97 Å². The fraction of sp³-hybridized carbons (Fsp3) is 0. The minimum absolute atomic E-state index is 0.171. The topological polar surface area (TPSA) is 25.8 Å². The van der Waals surface area contributed by atoms with Crippen LogP contribution in [0.3, 0.4) is 0 Å². The molecule has 0 atom stereocenters. The van der Waals surface area contributed by atoms with Gasteiger partial charge in [-0.2, -0.15) is 0 Å². The van der Waals surface area contributed by atoms with E-state index in [0.29, 0.717) is 4.73 Å². The Morgan fingerprint density at radius 1 is 1.44 bits per heavy atom. The van der Waals surface area contributed by atoms with Gasteiger partial charge in [-0.15, -0.1) is 0 Å². The van der Waals surface area contributed by atoms with Gasteiger partial charge in [-0.3, -0.25) is 0 Å². The van der Waals surface area contributed by atoms with E-state index in [1.54, 1.807) is 0 Å². The molecule has 0 unspecified atom stereocenters. The van der Waals surface area contributed by atoms with Crippen molar-refractivity contribution >= 4 is 31.9 Å². The number of aromatic nitrogens is 2. The monoisotopic (exact) mass is 254 g/mol. The quantitative estimate of drug-likeness (QED) is 0.525. The molecule has 0 saturated carbocycles. The minimum atomic E-state index is -0.460. The summed E-state index contributed by atoms with van der Waals surface area (Å²) in [6, 6.07) is 0. The van der Waals surface area contributed by atoms with Crippen molar-refractivity contribution in [3.05, 3.63) is 21.4 Å². The van der Waals surface area contributed by atoms with Crippen LogP contribution >= 0.6 is 31.9 Å². The highest BCUT2D eigenvalue weighted by atomic mass is 79.9. The van der Waals surface area contributed by atoms with E-state index in [-0.39, 0.29) is 4.60 Å². The van der Waals surface area contributed by atoms with Gasteiger partial charge >= 0.3 is 0 Å². The lowest BCUT2D eigenvalue weighted by Gasteiger charge is -1.90. The molecular formula is C4HBr2FN2. The summed E-state index contributed by atoms with van der Waals surface area (Å²) in [5.74, 6) is -0.460. The van der Waals surface area contributed by atoms with Gasteiger partial charge in [0, 0.05) is 0 Å². The molecule has 9 heavy (non-hydrogen) atoms. The molecule has 0 aliphatic carbocycles. The Labute approximate surface area is 67.8 Å². The SMILES string of the molecule is Fc1cnc(Br)nc1Br. The maximum atomic E-state index is 12.3. The van der Waals surface area contributed by atoms with Crippen molar-refractivity contribution in [3.8, 4) is 0 Å². The van der Waals surface area contributed by atoms with Gasteiger partial charge in [0.15, 0.2) is 10.6 Å². The molecule has 0 radical (unpaired) electrons. The van der Waals surface area contributed by atoms with Crippen LogP contribution in [0.5, 0.6) is 0 Å². The van der Waals surface area contributed by atoms with E-state index in [4.69, 9.17) is 0 Å². The third-order valence-electron chi connectivity index (χ3n) is 0.672. The van der Waals surface area contributed by atoms with E-state index in [1.807, 2.05) is 0 Å². The molecule has 0 saturated heterocycles. The molecule has 0 aromatic carbocycles. The van der Waals surface area contributed by atoms with Crippen molar-refractivity contribution in [1.82, 2.24) is 9.97 Å². The zero-order valence-electron chi connectivity index (χ0n) is 4.11. The van der Waals surface area contributed by atoms with Crippen LogP contribution < -0.4 is 0 Å². The lowest BCUT2D eigenvalue weighted by Crippen LogP contribution is -1.86. The first-order chi connectivity index (χ1) is 4.20. The number of rotatable bonds is 0. The van der Waals surface area contributed by atoms with E-state index in [2.05, 4.69) is 41.8 Å². The van der Waals surface area contributed by atoms with Gasteiger partial charge in [-0.05, 0) is 31.9 Å². The van der Waals surface area contributed by atoms with E-state index >= 15 is 0 Å². The average Bonchev–Trinajstić information content (AvgIpc) is 1.80. The molecule has 0 bridgehead atoms. The van der Waals surface area contributed by atoms with Gasteiger partial charge in [-0.1, -0.05) is 0 Å². The second-order valence-corrected chi connectivity index (χ2v) is 2.74. The number of halogens is 3. The highest BCUT2D eigenvalue weighted by molar-refractivity contribution is 9.11. The molecular weight excluding hydrogens is 255 g/mol. The molecule has 0 spiro atoms. The van der Waals surface area contributed by atoms with Crippen LogP contribution in [-0.2, 0) is 0 Å². The fourth-order valence-electron chi connectivity index (χ4n) is 0.326. The fourth-order valence-corrected chi connectivity index (χ4v) is 1.11. The van der Waals surface area contributed by atoms with Gasteiger partial charge in [0.1, 0.15) is 4.60 Å². The third kappa shape index (κ3) is 1.69. The van der Waals surface area contributed by atoms with Crippen molar-refractivity contribution in [3.63, 3.8) is 0 Å². The first-order valence-electron chi connectivity index (χ1n) is 2.03. The molecule has 1 heterocycles. The maximum Gasteiger partial charge on any atom is 0.197 e. The first kappa shape index (κ1) is 7.08. The third-order valence-corrected chi connectivity index (χ3v) is 1.61. The summed E-state index contributed by atoms with van der Waals surface area (Å²) in [6.45, 7) is 0. The van der Waals surface area contributed by atoms with Gasteiger partial charge < -0.3 is 0 Å². The van der Waals surface area contributed by atoms with Crippen molar-refractivity contribution in [2.24, 2.45) is 0 Å². The Morgan fingerprint density at radius 2 is 2.11 bits per heavy atom. The Morgan fingerprint density at radius 3 is 2.56 bits per heavy atom. The van der Waals surface area contributed by atoms with E-state index < -0.39 is 5.82 Å². The first-order valence-corrected chi connectivity index (χ1v) is 3.62. The highest BCUT2D eigenvalue weighted by Crippen LogP contribution is 2.12. The van der Waals surface area contributed by atoms with E-state index in [0.717, 1.165) is 6.20 Å². The number of nitrogens with zero attached hydrogens (tertiary/aromatic N) is 2. The van der Waals surface area contributed by atoms with Crippen LogP contribution in [0.2, 0.25) is 0 Å². The van der Waals surface area contributed by atoms with Crippen LogP contribution in [0.15, 0.2) is 15.5 Å². The van der Waals surface area contributed by atoms with Crippen molar-refractivity contribution in [2.75, 3.05) is 0 Å². The summed E-state index contributed by atoms with van der Waals surface area (Å²) in [5, 5.41) is 0. The minimum Gasteiger partial charge on any atom is -0.228 e. The smallest absolute Gasteiger partial charge is 0.197 e. The van der Waals surface area contributed by atoms with Gasteiger partial charge in [0.05, 0.1) is 6.20 Å². The molecule has 0 aliphatic heterocycles. The van der Waals surface area contributed by atoms with E-state index in [9.17, 15) is 4.39 Å². The largest absolute Gasteiger partial charge is 0.228 e. The predicted molar refractivity (Wildman–Crippen MR) is 37.4 cm³/mol. The maximum absolute atomic E-state index is 12.3. The standard InChI is InChI=1S/C4HBr2FN2/c5-3-2(7)1-8-4(6)9-3/h1H. The number of hydrogen-bond acceptors (Lipinski definition) is 2. The molecule has 1 aromatic rings. The normalized spacial score (nSPS) is 9.67. The summed E-state index contributed by atoms with van der Waals surface area (Å²) in [6.07, 6.45) is 1.08. The average molecular weight is 256 g/mol. The Hall–Kier alpha value is -0.0300. The molecule has 0 N–H and O–H groups in total. The second-order valence-electron chi connectivity index (χ2n) is 1.28. The van der Waals surface area contributed by atoms with Gasteiger partial charge in [0.2, 0.25) is 0 Å². The van der Waals surface area contributed by atoms with Crippen molar-refractivity contribution < 1.29 is 4.39 Å². The zero-order valence-corrected chi connectivity index (χ0v) is 7.28. The Kier molecular flexibility index (Phi) is 2.13. The Bertz CT molecular complexity index is 228. The second kappa shape index (κ2) is 2.70.